The minimum absolute atomic E-state index is 0.186. The number of carbonyl (C=O) groups is 1. The van der Waals surface area contributed by atoms with Crippen molar-refractivity contribution in [3.05, 3.63) is 68.9 Å². The van der Waals surface area contributed by atoms with Crippen LogP contribution in [0.25, 0.3) is 5.95 Å². The fourth-order valence-corrected chi connectivity index (χ4v) is 2.96. The van der Waals surface area contributed by atoms with E-state index >= 15 is 0 Å². The Morgan fingerprint density at radius 3 is 2.27 bits per heavy atom. The van der Waals surface area contributed by atoms with E-state index < -0.39 is 23.2 Å². The van der Waals surface area contributed by atoms with E-state index in [-0.39, 0.29) is 18.2 Å². The van der Waals surface area contributed by atoms with Crippen molar-refractivity contribution in [3.63, 3.8) is 0 Å². The molecule has 3 aromatic rings. The van der Waals surface area contributed by atoms with E-state index in [0.29, 0.717) is 11.3 Å². The van der Waals surface area contributed by atoms with Crippen LogP contribution in [0.15, 0.2) is 35.1 Å². The first-order chi connectivity index (χ1) is 14.0. The molecule has 0 unspecified atom stereocenters. The summed E-state index contributed by atoms with van der Waals surface area (Å²) in [5, 5.41) is 6.84. The maximum Gasteiger partial charge on any atom is 0.416 e. The second kappa shape index (κ2) is 7.77. The van der Waals surface area contributed by atoms with Gasteiger partial charge >= 0.3 is 6.18 Å². The first-order valence-corrected chi connectivity index (χ1v) is 9.06. The van der Waals surface area contributed by atoms with E-state index in [1.165, 1.54) is 9.25 Å². The number of anilines is 1. The number of amides is 1. The first-order valence-electron chi connectivity index (χ1n) is 9.06. The zero-order valence-electron chi connectivity index (χ0n) is 16.8. The lowest BCUT2D eigenvalue weighted by Gasteiger charge is -2.15. The molecule has 1 N–H and O–H groups in total. The van der Waals surface area contributed by atoms with Crippen LogP contribution < -0.4 is 10.9 Å². The molecule has 7 nitrogen and oxygen atoms in total. The highest BCUT2D eigenvalue weighted by Crippen LogP contribution is 2.29. The molecule has 0 spiro atoms. The number of rotatable bonds is 4. The molecule has 2 heterocycles. The molecule has 2 aromatic heterocycles. The van der Waals surface area contributed by atoms with E-state index in [0.717, 1.165) is 35.7 Å². The largest absolute Gasteiger partial charge is 0.416 e. The normalized spacial score (nSPS) is 11.6. The van der Waals surface area contributed by atoms with Crippen molar-refractivity contribution >= 4 is 11.6 Å². The van der Waals surface area contributed by atoms with Gasteiger partial charge < -0.3 is 5.32 Å². The van der Waals surface area contributed by atoms with Gasteiger partial charge in [0.25, 0.3) is 5.56 Å². The molecule has 0 saturated carbocycles. The van der Waals surface area contributed by atoms with Crippen LogP contribution in [0.2, 0.25) is 0 Å². The molecule has 0 bridgehead atoms. The highest BCUT2D eigenvalue weighted by molar-refractivity contribution is 5.90. The van der Waals surface area contributed by atoms with Gasteiger partial charge in [0.05, 0.1) is 11.3 Å². The summed E-state index contributed by atoms with van der Waals surface area (Å²) in [6.45, 7) is 6.53. The van der Waals surface area contributed by atoms with Crippen molar-refractivity contribution in [1.29, 1.82) is 0 Å². The van der Waals surface area contributed by atoms with E-state index in [1.807, 2.05) is 6.07 Å². The van der Waals surface area contributed by atoms with Crippen molar-refractivity contribution in [2.24, 2.45) is 0 Å². The van der Waals surface area contributed by atoms with Crippen LogP contribution in [0.3, 0.4) is 0 Å². The second-order valence-corrected chi connectivity index (χ2v) is 6.98. The smallest absolute Gasteiger partial charge is 0.325 e. The van der Waals surface area contributed by atoms with Gasteiger partial charge in [-0.25, -0.2) is 9.67 Å². The number of aryl methyl sites for hydroxylation is 3. The topological polar surface area (TPSA) is 81.8 Å². The van der Waals surface area contributed by atoms with Crippen LogP contribution in [-0.4, -0.2) is 25.2 Å². The summed E-state index contributed by atoms with van der Waals surface area (Å²) in [6.07, 6.45) is -4.46. The quantitative estimate of drug-likeness (QED) is 0.704. The van der Waals surface area contributed by atoms with E-state index in [9.17, 15) is 22.8 Å². The van der Waals surface area contributed by atoms with Gasteiger partial charge in [-0.3, -0.25) is 14.2 Å². The van der Waals surface area contributed by atoms with Crippen LogP contribution in [0.4, 0.5) is 18.9 Å². The van der Waals surface area contributed by atoms with Crippen molar-refractivity contribution in [2.75, 3.05) is 5.32 Å². The number of hydrogen-bond donors (Lipinski definition) is 1. The first kappa shape index (κ1) is 21.3. The van der Waals surface area contributed by atoms with Crippen molar-refractivity contribution in [2.45, 2.75) is 40.4 Å². The molecule has 10 heteroatoms. The average Bonchev–Trinajstić information content (AvgIpc) is 2.99. The van der Waals surface area contributed by atoms with Crippen LogP contribution in [0.5, 0.6) is 0 Å². The summed E-state index contributed by atoms with van der Waals surface area (Å²) in [5.74, 6) is -0.388. The molecular weight excluding hydrogens is 399 g/mol. The van der Waals surface area contributed by atoms with E-state index in [4.69, 9.17) is 0 Å². The monoisotopic (exact) mass is 419 g/mol. The SMILES string of the molecule is Cc1cc(C)n(-c2nc(C)c(C)c(=O)n2CC(=O)Nc2ccc(C(F)(F)F)cc2)n1. The number of hydrogen-bond acceptors (Lipinski definition) is 4. The molecule has 158 valence electrons. The number of aromatic nitrogens is 4. The Bertz CT molecular complexity index is 1160. The second-order valence-electron chi connectivity index (χ2n) is 6.98. The average molecular weight is 419 g/mol. The van der Waals surface area contributed by atoms with Crippen LogP contribution in [0.1, 0.15) is 28.2 Å². The summed E-state index contributed by atoms with van der Waals surface area (Å²) in [5.41, 5.74) is 1.34. The van der Waals surface area contributed by atoms with Gasteiger partial charge in [-0.05, 0) is 58.0 Å². The van der Waals surface area contributed by atoms with Gasteiger partial charge in [0.1, 0.15) is 6.54 Å². The lowest BCUT2D eigenvalue weighted by molar-refractivity contribution is -0.137. The van der Waals surface area contributed by atoms with Gasteiger partial charge in [-0.1, -0.05) is 0 Å². The number of nitrogens with zero attached hydrogens (tertiary/aromatic N) is 4. The Hall–Kier alpha value is -3.43. The minimum atomic E-state index is -4.46. The van der Waals surface area contributed by atoms with Gasteiger partial charge in [0.15, 0.2) is 0 Å². The summed E-state index contributed by atoms with van der Waals surface area (Å²) >= 11 is 0. The maximum absolute atomic E-state index is 12.8. The van der Waals surface area contributed by atoms with Crippen LogP contribution >= 0.6 is 0 Å². The molecule has 0 atom stereocenters. The van der Waals surface area contributed by atoms with Gasteiger partial charge in [0.2, 0.25) is 11.9 Å². The molecule has 30 heavy (non-hydrogen) atoms. The predicted molar refractivity (Wildman–Crippen MR) is 105 cm³/mol. The van der Waals surface area contributed by atoms with Gasteiger partial charge in [-0.2, -0.15) is 18.3 Å². The van der Waals surface area contributed by atoms with Crippen molar-refractivity contribution < 1.29 is 18.0 Å². The van der Waals surface area contributed by atoms with Gasteiger partial charge in [0, 0.05) is 22.6 Å². The number of benzene rings is 1. The molecule has 0 aliphatic rings. The molecule has 0 saturated heterocycles. The molecule has 0 radical (unpaired) electrons. The third kappa shape index (κ3) is 4.27. The lowest BCUT2D eigenvalue weighted by Crippen LogP contribution is -2.33. The molecule has 3 rings (SSSR count). The predicted octanol–water partition coefficient (Wildman–Crippen LogP) is 3.32. The lowest BCUT2D eigenvalue weighted by atomic mass is 10.2. The highest BCUT2D eigenvalue weighted by Gasteiger charge is 2.30. The molecule has 1 aromatic carbocycles. The highest BCUT2D eigenvalue weighted by atomic mass is 19.4. The number of halogens is 3. The van der Waals surface area contributed by atoms with Crippen molar-refractivity contribution in [1.82, 2.24) is 19.3 Å². The Labute approximate surface area is 170 Å². The summed E-state index contributed by atoms with van der Waals surface area (Å²) in [7, 11) is 0. The van der Waals surface area contributed by atoms with Crippen LogP contribution in [0, 0.1) is 27.7 Å². The Balaban J connectivity index is 1.92. The third-order valence-electron chi connectivity index (χ3n) is 4.61. The standard InChI is InChI=1S/C20H20F3N5O2/c1-11-9-12(2)28(26-11)19-24-14(4)13(3)18(30)27(19)10-17(29)25-16-7-5-15(6-8-16)20(21,22)23/h5-9H,10H2,1-4H3,(H,25,29). The summed E-state index contributed by atoms with van der Waals surface area (Å²) in [4.78, 5) is 29.8. The maximum atomic E-state index is 12.8. The zero-order valence-corrected chi connectivity index (χ0v) is 16.8. The third-order valence-corrected chi connectivity index (χ3v) is 4.61. The number of carbonyl (C=O) groups excluding carboxylic acids is 1. The summed E-state index contributed by atoms with van der Waals surface area (Å²) in [6, 6.07) is 5.88. The Kier molecular flexibility index (Phi) is 5.51. The fraction of sp³-hybridized carbons (Fsp3) is 0.300. The molecule has 0 fully saturated rings. The molecule has 0 aliphatic carbocycles. The van der Waals surface area contributed by atoms with E-state index in [1.54, 1.807) is 27.7 Å². The zero-order chi connectivity index (χ0) is 22.2. The number of nitrogens with one attached hydrogen (secondary N) is 1. The molecule has 0 aliphatic heterocycles. The summed E-state index contributed by atoms with van der Waals surface area (Å²) < 4.78 is 40.7. The van der Waals surface area contributed by atoms with Crippen LogP contribution in [-0.2, 0) is 17.5 Å². The van der Waals surface area contributed by atoms with Gasteiger partial charge in [-0.15, -0.1) is 0 Å². The number of alkyl halides is 3. The molecular formula is C20H20F3N5O2. The Morgan fingerprint density at radius 2 is 1.73 bits per heavy atom. The Morgan fingerprint density at radius 1 is 1.10 bits per heavy atom. The molecule has 1 amide bonds. The van der Waals surface area contributed by atoms with E-state index in [2.05, 4.69) is 15.4 Å². The van der Waals surface area contributed by atoms with Crippen molar-refractivity contribution in [3.8, 4) is 5.95 Å². The minimum Gasteiger partial charge on any atom is -0.325 e. The fourth-order valence-electron chi connectivity index (χ4n) is 2.96.